The maximum absolute atomic E-state index is 11.8. The molecule has 1 unspecified atom stereocenters. The summed E-state index contributed by atoms with van der Waals surface area (Å²) in [6, 6.07) is 9.60. The van der Waals surface area contributed by atoms with Crippen molar-refractivity contribution in [1.29, 1.82) is 0 Å². The molecule has 18 heavy (non-hydrogen) atoms. The van der Waals surface area contributed by atoms with Gasteiger partial charge in [-0.2, -0.15) is 5.10 Å². The third-order valence-corrected chi connectivity index (χ3v) is 3.28. The fourth-order valence-electron chi connectivity index (χ4n) is 2.14. The first-order chi connectivity index (χ1) is 8.74. The van der Waals surface area contributed by atoms with Gasteiger partial charge in [0.05, 0.1) is 11.1 Å². The summed E-state index contributed by atoms with van der Waals surface area (Å²) in [5, 5.41) is 4.08. The van der Waals surface area contributed by atoms with Gasteiger partial charge in [-0.15, -0.1) is 11.6 Å². The van der Waals surface area contributed by atoms with Crippen LogP contribution in [-0.2, 0) is 4.79 Å². The average Bonchev–Trinajstić information content (AvgIpc) is 2.99. The van der Waals surface area contributed by atoms with Gasteiger partial charge in [0, 0.05) is 31.0 Å². The molecule has 0 bridgehead atoms. The summed E-state index contributed by atoms with van der Waals surface area (Å²) in [4.78, 5) is 13.5. The van der Waals surface area contributed by atoms with Crippen LogP contribution in [0.3, 0.4) is 0 Å². The fraction of sp³-hybridized carbons (Fsp3) is 0.231. The van der Waals surface area contributed by atoms with Gasteiger partial charge in [-0.3, -0.25) is 4.79 Å². The molecule has 1 aromatic carbocycles. The SMILES string of the molecule is O=C1CC(Cl)CN1c1cccc(-n2cccn2)c1. The molecule has 3 rings (SSSR count). The molecular weight excluding hydrogens is 250 g/mol. The summed E-state index contributed by atoms with van der Waals surface area (Å²) >= 11 is 6.01. The number of amides is 1. The lowest BCUT2D eigenvalue weighted by molar-refractivity contribution is -0.117. The number of nitrogens with zero attached hydrogens (tertiary/aromatic N) is 3. The third-order valence-electron chi connectivity index (χ3n) is 2.99. The molecule has 0 N–H and O–H groups in total. The third kappa shape index (κ3) is 1.99. The Morgan fingerprint density at radius 3 is 2.78 bits per heavy atom. The second kappa shape index (κ2) is 4.46. The molecule has 0 radical (unpaired) electrons. The summed E-state index contributed by atoms with van der Waals surface area (Å²) in [6.45, 7) is 0.572. The Morgan fingerprint density at radius 2 is 2.11 bits per heavy atom. The van der Waals surface area contributed by atoms with Crippen LogP contribution in [0, 0.1) is 0 Å². The van der Waals surface area contributed by atoms with Gasteiger partial charge >= 0.3 is 0 Å². The summed E-state index contributed by atoms with van der Waals surface area (Å²) in [5.41, 5.74) is 1.81. The first-order valence-corrected chi connectivity index (χ1v) is 6.22. The topological polar surface area (TPSA) is 38.1 Å². The molecule has 5 heteroatoms. The number of carbonyl (C=O) groups is 1. The quantitative estimate of drug-likeness (QED) is 0.778. The van der Waals surface area contributed by atoms with E-state index in [2.05, 4.69) is 5.10 Å². The van der Waals surface area contributed by atoms with E-state index in [-0.39, 0.29) is 11.3 Å². The Labute approximate surface area is 110 Å². The first kappa shape index (κ1) is 11.3. The van der Waals surface area contributed by atoms with Crippen LogP contribution >= 0.6 is 11.6 Å². The van der Waals surface area contributed by atoms with Crippen LogP contribution in [0.15, 0.2) is 42.7 Å². The van der Waals surface area contributed by atoms with E-state index >= 15 is 0 Å². The lowest BCUT2D eigenvalue weighted by Crippen LogP contribution is -2.24. The van der Waals surface area contributed by atoms with Crippen LogP contribution in [0.1, 0.15) is 6.42 Å². The Bertz CT molecular complexity index is 567. The van der Waals surface area contributed by atoms with Crippen molar-refractivity contribution in [3.63, 3.8) is 0 Å². The molecule has 1 saturated heterocycles. The fourth-order valence-corrected chi connectivity index (χ4v) is 2.41. The summed E-state index contributed by atoms with van der Waals surface area (Å²) in [7, 11) is 0. The Hall–Kier alpha value is -1.81. The van der Waals surface area contributed by atoms with E-state index in [0.717, 1.165) is 11.4 Å². The first-order valence-electron chi connectivity index (χ1n) is 5.78. The normalized spacial score (nSPS) is 19.5. The molecule has 1 aliphatic rings. The Morgan fingerprint density at radius 1 is 1.28 bits per heavy atom. The van der Waals surface area contributed by atoms with Gasteiger partial charge in [0.1, 0.15) is 0 Å². The van der Waals surface area contributed by atoms with Crippen LogP contribution in [0.4, 0.5) is 5.69 Å². The standard InChI is InChI=1S/C13H12ClN3O/c14-10-7-13(18)16(9-10)11-3-1-4-12(8-11)17-6-2-5-15-17/h1-6,8,10H,7,9H2. The minimum Gasteiger partial charge on any atom is -0.311 e. The molecule has 2 heterocycles. The highest BCUT2D eigenvalue weighted by molar-refractivity contribution is 6.24. The lowest BCUT2D eigenvalue weighted by atomic mass is 10.2. The number of aromatic nitrogens is 2. The highest BCUT2D eigenvalue weighted by Gasteiger charge is 2.29. The van der Waals surface area contributed by atoms with Crippen LogP contribution in [0.2, 0.25) is 0 Å². The maximum atomic E-state index is 11.8. The predicted molar refractivity (Wildman–Crippen MR) is 70.2 cm³/mol. The van der Waals surface area contributed by atoms with Gasteiger partial charge in [-0.1, -0.05) is 6.07 Å². The molecule has 2 aromatic rings. The molecule has 92 valence electrons. The number of alkyl halides is 1. The van der Waals surface area contributed by atoms with E-state index in [9.17, 15) is 4.79 Å². The summed E-state index contributed by atoms with van der Waals surface area (Å²) < 4.78 is 1.77. The van der Waals surface area contributed by atoms with Crippen molar-refractivity contribution < 1.29 is 4.79 Å². The van der Waals surface area contributed by atoms with Gasteiger partial charge in [0.2, 0.25) is 5.91 Å². The van der Waals surface area contributed by atoms with Crippen LogP contribution in [0.5, 0.6) is 0 Å². The molecule has 0 spiro atoms. The molecule has 0 aliphatic carbocycles. The zero-order valence-corrected chi connectivity index (χ0v) is 10.4. The van der Waals surface area contributed by atoms with Crippen molar-refractivity contribution in [3.05, 3.63) is 42.7 Å². The molecule has 1 amide bonds. The summed E-state index contributed by atoms with van der Waals surface area (Å²) in [6.07, 6.45) is 4.01. The smallest absolute Gasteiger partial charge is 0.228 e. The van der Waals surface area contributed by atoms with Crippen molar-refractivity contribution in [1.82, 2.24) is 9.78 Å². The maximum Gasteiger partial charge on any atom is 0.228 e. The molecular formula is C13H12ClN3O. The average molecular weight is 262 g/mol. The van der Waals surface area contributed by atoms with E-state index in [4.69, 9.17) is 11.6 Å². The predicted octanol–water partition coefficient (Wildman–Crippen LogP) is 2.22. The van der Waals surface area contributed by atoms with E-state index < -0.39 is 0 Å². The number of carbonyl (C=O) groups excluding carboxylic acids is 1. The van der Waals surface area contributed by atoms with E-state index in [0.29, 0.717) is 13.0 Å². The monoisotopic (exact) mass is 261 g/mol. The number of hydrogen-bond acceptors (Lipinski definition) is 2. The van der Waals surface area contributed by atoms with Gasteiger partial charge in [-0.25, -0.2) is 4.68 Å². The second-order valence-corrected chi connectivity index (χ2v) is 4.89. The highest BCUT2D eigenvalue weighted by Crippen LogP contribution is 2.25. The number of anilines is 1. The van der Waals surface area contributed by atoms with Crippen LogP contribution < -0.4 is 4.90 Å². The molecule has 1 aliphatic heterocycles. The van der Waals surface area contributed by atoms with Crippen LogP contribution in [0.25, 0.3) is 5.69 Å². The minimum atomic E-state index is -0.0918. The second-order valence-electron chi connectivity index (χ2n) is 4.28. The molecule has 0 saturated carbocycles. The largest absolute Gasteiger partial charge is 0.311 e. The number of rotatable bonds is 2. The van der Waals surface area contributed by atoms with Crippen molar-refractivity contribution >= 4 is 23.2 Å². The molecule has 1 atom stereocenters. The Kier molecular flexibility index (Phi) is 2.80. The number of benzene rings is 1. The molecule has 1 fully saturated rings. The van der Waals surface area contributed by atoms with Gasteiger partial charge in [0.25, 0.3) is 0 Å². The number of halogens is 1. The Balaban J connectivity index is 1.94. The van der Waals surface area contributed by atoms with Crippen molar-refractivity contribution in [2.45, 2.75) is 11.8 Å². The minimum absolute atomic E-state index is 0.0765. The zero-order valence-electron chi connectivity index (χ0n) is 9.66. The van der Waals surface area contributed by atoms with Gasteiger partial charge in [-0.05, 0) is 24.3 Å². The van der Waals surface area contributed by atoms with E-state index in [1.54, 1.807) is 15.8 Å². The van der Waals surface area contributed by atoms with E-state index in [1.165, 1.54) is 0 Å². The molecule has 1 aromatic heterocycles. The van der Waals surface area contributed by atoms with Gasteiger partial charge < -0.3 is 4.90 Å². The van der Waals surface area contributed by atoms with E-state index in [1.807, 2.05) is 36.5 Å². The highest BCUT2D eigenvalue weighted by atomic mass is 35.5. The summed E-state index contributed by atoms with van der Waals surface area (Å²) in [5.74, 6) is 0.0765. The van der Waals surface area contributed by atoms with Crippen molar-refractivity contribution in [2.75, 3.05) is 11.4 Å². The van der Waals surface area contributed by atoms with Gasteiger partial charge in [0.15, 0.2) is 0 Å². The zero-order chi connectivity index (χ0) is 12.5. The van der Waals surface area contributed by atoms with Crippen molar-refractivity contribution in [2.24, 2.45) is 0 Å². The number of hydrogen-bond donors (Lipinski definition) is 0. The lowest BCUT2D eigenvalue weighted by Gasteiger charge is -2.16. The molecule has 4 nitrogen and oxygen atoms in total. The van der Waals surface area contributed by atoms with Crippen LogP contribution in [-0.4, -0.2) is 27.6 Å². The van der Waals surface area contributed by atoms with Crippen molar-refractivity contribution in [3.8, 4) is 5.69 Å².